The first-order valence-corrected chi connectivity index (χ1v) is 7.69. The predicted octanol–water partition coefficient (Wildman–Crippen LogP) is 3.91. The Balaban J connectivity index is 2.05. The molecule has 1 aromatic heterocycles. The maximum absolute atomic E-state index is 6.17. The number of aromatic nitrogens is 1. The third-order valence-electron chi connectivity index (χ3n) is 3.84. The average Bonchev–Trinajstić information content (AvgIpc) is 2.90. The molecule has 0 amide bonds. The van der Waals surface area contributed by atoms with Crippen LogP contribution in [0.4, 0.5) is 11.5 Å². The summed E-state index contributed by atoms with van der Waals surface area (Å²) in [6, 6.07) is 7.82. The number of pyridine rings is 1. The van der Waals surface area contributed by atoms with Gasteiger partial charge < -0.3 is 11.1 Å². The summed E-state index contributed by atoms with van der Waals surface area (Å²) in [4.78, 5) is 5.08. The fourth-order valence-electron chi connectivity index (χ4n) is 2.63. The summed E-state index contributed by atoms with van der Waals surface area (Å²) >= 11 is 11.3. The fraction of sp³-hybridized carbons (Fsp3) is 0.250. The highest BCUT2D eigenvalue weighted by Crippen LogP contribution is 2.30. The van der Waals surface area contributed by atoms with E-state index in [4.69, 9.17) is 34.5 Å². The quantitative estimate of drug-likeness (QED) is 0.843. The first-order chi connectivity index (χ1) is 10.1. The zero-order valence-electron chi connectivity index (χ0n) is 11.7. The van der Waals surface area contributed by atoms with Crippen LogP contribution in [-0.2, 0) is 12.8 Å². The van der Waals surface area contributed by atoms with E-state index in [1.807, 2.05) is 25.1 Å². The highest BCUT2D eigenvalue weighted by molar-refractivity contribution is 7.80. The number of hydrogen-bond donors (Lipinski definition) is 2. The van der Waals surface area contributed by atoms with E-state index in [0.29, 0.717) is 10.8 Å². The monoisotopic (exact) mass is 317 g/mol. The molecule has 1 aliphatic rings. The highest BCUT2D eigenvalue weighted by Gasteiger charge is 2.18. The maximum Gasteiger partial charge on any atom is 0.140 e. The summed E-state index contributed by atoms with van der Waals surface area (Å²) in [5.74, 6) is 0.716. The number of nitrogens with zero attached hydrogens (tertiary/aromatic N) is 1. The van der Waals surface area contributed by atoms with Gasteiger partial charge in [-0.3, -0.25) is 0 Å². The van der Waals surface area contributed by atoms with Crippen LogP contribution < -0.4 is 11.1 Å². The zero-order chi connectivity index (χ0) is 15.0. The summed E-state index contributed by atoms with van der Waals surface area (Å²) in [7, 11) is 0. The number of halogens is 1. The zero-order valence-corrected chi connectivity index (χ0v) is 13.3. The number of benzene rings is 1. The topological polar surface area (TPSA) is 50.9 Å². The van der Waals surface area contributed by atoms with Crippen LogP contribution in [0.2, 0.25) is 5.02 Å². The van der Waals surface area contributed by atoms with Gasteiger partial charge >= 0.3 is 0 Å². The summed E-state index contributed by atoms with van der Waals surface area (Å²) < 4.78 is 0. The van der Waals surface area contributed by atoms with Gasteiger partial charge in [0.2, 0.25) is 0 Å². The molecule has 0 fully saturated rings. The lowest BCUT2D eigenvalue weighted by Gasteiger charge is -2.15. The Kier molecular flexibility index (Phi) is 3.83. The first kappa shape index (κ1) is 14.3. The Morgan fingerprint density at radius 1 is 1.38 bits per heavy atom. The van der Waals surface area contributed by atoms with Gasteiger partial charge in [-0.1, -0.05) is 29.9 Å². The second-order valence-corrected chi connectivity index (χ2v) is 6.09. The SMILES string of the molecule is Cc1c(Cl)cccc1Nc1nc2c(cc1C(N)=S)CCC2. The Morgan fingerprint density at radius 2 is 2.19 bits per heavy atom. The molecule has 1 heterocycles. The standard InChI is InChI=1S/C16H16ClN3S/c1-9-12(17)5-3-6-13(9)19-16-11(15(18)21)8-10-4-2-7-14(10)20-16/h3,5-6,8H,2,4,7H2,1H3,(H2,18,21)(H,19,20). The average molecular weight is 318 g/mol. The normalized spacial score (nSPS) is 13.0. The molecule has 0 atom stereocenters. The van der Waals surface area contributed by atoms with Gasteiger partial charge in [0.05, 0.1) is 5.56 Å². The lowest BCUT2D eigenvalue weighted by atomic mass is 10.1. The molecule has 3 nitrogen and oxygen atoms in total. The Labute approximate surface area is 134 Å². The molecule has 5 heteroatoms. The number of aryl methyl sites for hydroxylation is 2. The minimum absolute atomic E-state index is 0.361. The van der Waals surface area contributed by atoms with E-state index in [-0.39, 0.29) is 0 Å². The van der Waals surface area contributed by atoms with Crippen molar-refractivity contribution in [2.75, 3.05) is 5.32 Å². The van der Waals surface area contributed by atoms with Gasteiger partial charge in [-0.2, -0.15) is 0 Å². The van der Waals surface area contributed by atoms with E-state index in [9.17, 15) is 0 Å². The second kappa shape index (κ2) is 5.62. The molecule has 1 aliphatic carbocycles. The smallest absolute Gasteiger partial charge is 0.140 e. The third kappa shape index (κ3) is 2.74. The first-order valence-electron chi connectivity index (χ1n) is 6.91. The molecule has 2 aromatic rings. The predicted molar refractivity (Wildman–Crippen MR) is 91.6 cm³/mol. The minimum atomic E-state index is 0.361. The molecule has 0 bridgehead atoms. The number of rotatable bonds is 3. The van der Waals surface area contributed by atoms with E-state index in [0.717, 1.165) is 46.8 Å². The fourth-order valence-corrected chi connectivity index (χ4v) is 2.96. The van der Waals surface area contributed by atoms with Crippen molar-refractivity contribution in [2.45, 2.75) is 26.2 Å². The number of hydrogen-bond acceptors (Lipinski definition) is 3. The van der Waals surface area contributed by atoms with Crippen LogP contribution in [0.15, 0.2) is 24.3 Å². The van der Waals surface area contributed by atoms with Crippen molar-refractivity contribution in [2.24, 2.45) is 5.73 Å². The van der Waals surface area contributed by atoms with Crippen molar-refractivity contribution < 1.29 is 0 Å². The van der Waals surface area contributed by atoms with Gasteiger partial charge in [0, 0.05) is 16.4 Å². The summed E-state index contributed by atoms with van der Waals surface area (Å²) in [6.45, 7) is 1.97. The van der Waals surface area contributed by atoms with Crippen molar-refractivity contribution in [3.05, 3.63) is 51.7 Å². The number of nitrogens with two attached hydrogens (primary N) is 1. The van der Waals surface area contributed by atoms with Gasteiger partial charge in [0.15, 0.2) is 0 Å². The van der Waals surface area contributed by atoms with Gasteiger partial charge in [-0.25, -0.2) is 4.98 Å². The van der Waals surface area contributed by atoms with E-state index in [1.54, 1.807) is 0 Å². The highest BCUT2D eigenvalue weighted by atomic mass is 35.5. The third-order valence-corrected chi connectivity index (χ3v) is 4.47. The molecule has 0 aliphatic heterocycles. The van der Waals surface area contributed by atoms with Crippen molar-refractivity contribution in [1.29, 1.82) is 0 Å². The molecule has 0 saturated carbocycles. The molecule has 0 radical (unpaired) electrons. The lowest BCUT2D eigenvalue weighted by molar-refractivity contribution is 0.900. The molecule has 21 heavy (non-hydrogen) atoms. The number of fused-ring (bicyclic) bond motifs is 1. The van der Waals surface area contributed by atoms with Crippen molar-refractivity contribution in [1.82, 2.24) is 4.98 Å². The van der Waals surface area contributed by atoms with Crippen LogP contribution in [0.25, 0.3) is 0 Å². The molecule has 0 spiro atoms. The number of thiocarbonyl (C=S) groups is 1. The van der Waals surface area contributed by atoms with E-state index in [1.165, 1.54) is 5.56 Å². The van der Waals surface area contributed by atoms with E-state index < -0.39 is 0 Å². The van der Waals surface area contributed by atoms with Crippen molar-refractivity contribution in [3.8, 4) is 0 Å². The molecule has 3 N–H and O–H groups in total. The van der Waals surface area contributed by atoms with Crippen LogP contribution in [-0.4, -0.2) is 9.97 Å². The Bertz CT molecular complexity index is 728. The largest absolute Gasteiger partial charge is 0.389 e. The van der Waals surface area contributed by atoms with Gasteiger partial charge in [0.25, 0.3) is 0 Å². The lowest BCUT2D eigenvalue weighted by Crippen LogP contribution is -2.14. The van der Waals surface area contributed by atoms with Crippen LogP contribution in [0.5, 0.6) is 0 Å². The molecule has 3 rings (SSSR count). The number of anilines is 2. The summed E-state index contributed by atoms with van der Waals surface area (Å²) in [5, 5.41) is 4.05. The number of nitrogens with one attached hydrogen (secondary N) is 1. The second-order valence-electron chi connectivity index (χ2n) is 5.25. The molecule has 0 saturated heterocycles. The Morgan fingerprint density at radius 3 is 2.95 bits per heavy atom. The Hall–Kier alpha value is -1.65. The van der Waals surface area contributed by atoms with Crippen molar-refractivity contribution in [3.63, 3.8) is 0 Å². The van der Waals surface area contributed by atoms with E-state index in [2.05, 4.69) is 11.4 Å². The van der Waals surface area contributed by atoms with Gasteiger partial charge in [0.1, 0.15) is 10.8 Å². The van der Waals surface area contributed by atoms with Crippen LogP contribution in [0, 0.1) is 6.92 Å². The van der Waals surface area contributed by atoms with Crippen LogP contribution in [0.3, 0.4) is 0 Å². The summed E-state index contributed by atoms with van der Waals surface area (Å²) in [5.41, 5.74) is 10.9. The molecule has 108 valence electrons. The molecule has 0 unspecified atom stereocenters. The van der Waals surface area contributed by atoms with Crippen LogP contribution >= 0.6 is 23.8 Å². The maximum atomic E-state index is 6.17. The molecular formula is C16H16ClN3S. The summed E-state index contributed by atoms with van der Waals surface area (Å²) in [6.07, 6.45) is 3.20. The molecular weight excluding hydrogens is 302 g/mol. The minimum Gasteiger partial charge on any atom is -0.389 e. The van der Waals surface area contributed by atoms with E-state index >= 15 is 0 Å². The van der Waals surface area contributed by atoms with Gasteiger partial charge in [-0.05, 0) is 55.5 Å². The van der Waals surface area contributed by atoms with Crippen molar-refractivity contribution >= 4 is 40.3 Å². The van der Waals surface area contributed by atoms with Crippen LogP contribution in [0.1, 0.15) is 28.8 Å². The van der Waals surface area contributed by atoms with Gasteiger partial charge in [-0.15, -0.1) is 0 Å². The molecule has 1 aromatic carbocycles.